The van der Waals surface area contributed by atoms with Gasteiger partial charge in [-0.2, -0.15) is 0 Å². The van der Waals surface area contributed by atoms with Gasteiger partial charge in [0.1, 0.15) is 6.54 Å². The summed E-state index contributed by atoms with van der Waals surface area (Å²) in [7, 11) is -4.05. The largest absolute Gasteiger partial charge is 0.465 e. The highest BCUT2D eigenvalue weighted by Crippen LogP contribution is 2.35. The molecule has 0 saturated carbocycles. The Labute approximate surface area is 164 Å². The summed E-state index contributed by atoms with van der Waals surface area (Å²) >= 11 is 15.4. The summed E-state index contributed by atoms with van der Waals surface area (Å²) in [5.74, 6) is -0.695. The minimum absolute atomic E-state index is 0.0102. The monoisotopic (exact) mass is 465 g/mol. The summed E-state index contributed by atoms with van der Waals surface area (Å²) in [6.07, 6.45) is 0. The highest BCUT2D eigenvalue weighted by atomic mass is 79.9. The molecule has 0 aromatic heterocycles. The van der Waals surface area contributed by atoms with Crippen LogP contribution in [0.2, 0.25) is 10.0 Å². The molecule has 0 spiro atoms. The number of nitrogens with zero attached hydrogens (tertiary/aromatic N) is 1. The van der Waals surface area contributed by atoms with Crippen LogP contribution < -0.4 is 4.31 Å². The molecule has 0 N–H and O–H groups in total. The maximum atomic E-state index is 13.0. The van der Waals surface area contributed by atoms with Crippen molar-refractivity contribution >= 4 is 60.8 Å². The Balaban J connectivity index is 2.56. The number of esters is 1. The summed E-state index contributed by atoms with van der Waals surface area (Å²) in [4.78, 5) is 12.0. The van der Waals surface area contributed by atoms with Gasteiger partial charge in [0, 0.05) is 4.47 Å². The van der Waals surface area contributed by atoms with Crippen LogP contribution in [0.3, 0.4) is 0 Å². The number of benzene rings is 2. The van der Waals surface area contributed by atoms with E-state index in [2.05, 4.69) is 15.9 Å². The summed E-state index contributed by atoms with van der Waals surface area (Å²) in [6.45, 7) is 1.25. The van der Waals surface area contributed by atoms with Gasteiger partial charge in [0.2, 0.25) is 0 Å². The molecule has 0 aliphatic heterocycles. The highest BCUT2D eigenvalue weighted by Gasteiger charge is 2.29. The number of hydrogen-bond donors (Lipinski definition) is 0. The van der Waals surface area contributed by atoms with Crippen molar-refractivity contribution in [2.45, 2.75) is 11.8 Å². The zero-order valence-electron chi connectivity index (χ0n) is 13.1. The van der Waals surface area contributed by atoms with Gasteiger partial charge < -0.3 is 4.74 Å². The Morgan fingerprint density at radius 1 is 1.16 bits per heavy atom. The van der Waals surface area contributed by atoms with E-state index in [-0.39, 0.29) is 27.2 Å². The van der Waals surface area contributed by atoms with Crippen LogP contribution in [0, 0.1) is 0 Å². The Kier molecular flexibility index (Phi) is 6.73. The summed E-state index contributed by atoms with van der Waals surface area (Å²) in [5, 5.41) is 0.216. The molecule has 0 heterocycles. The fourth-order valence-electron chi connectivity index (χ4n) is 2.04. The van der Waals surface area contributed by atoms with Crippen LogP contribution in [0.25, 0.3) is 0 Å². The molecule has 2 aromatic rings. The van der Waals surface area contributed by atoms with E-state index in [0.29, 0.717) is 0 Å². The molecular weight excluding hydrogens is 453 g/mol. The lowest BCUT2D eigenvalue weighted by molar-refractivity contribution is -0.141. The van der Waals surface area contributed by atoms with Gasteiger partial charge in [-0.25, -0.2) is 8.42 Å². The lowest BCUT2D eigenvalue weighted by Gasteiger charge is -2.24. The van der Waals surface area contributed by atoms with Crippen molar-refractivity contribution in [3.8, 4) is 0 Å². The van der Waals surface area contributed by atoms with E-state index in [1.54, 1.807) is 25.1 Å². The molecule has 0 amide bonds. The smallest absolute Gasteiger partial charge is 0.326 e. The third-order valence-corrected chi connectivity index (χ3v) is 6.29. The Hall–Kier alpha value is -1.28. The fraction of sp³-hybridized carbons (Fsp3) is 0.188. The molecule has 9 heteroatoms. The van der Waals surface area contributed by atoms with Gasteiger partial charge in [-0.1, -0.05) is 45.2 Å². The molecule has 5 nitrogen and oxygen atoms in total. The quantitative estimate of drug-likeness (QED) is 0.587. The Bertz CT molecular complexity index is 872. The van der Waals surface area contributed by atoms with Crippen molar-refractivity contribution in [1.29, 1.82) is 0 Å². The Morgan fingerprint density at radius 3 is 2.40 bits per heavy atom. The molecule has 25 heavy (non-hydrogen) atoms. The highest BCUT2D eigenvalue weighted by molar-refractivity contribution is 9.10. The zero-order valence-corrected chi connectivity index (χ0v) is 17.0. The molecule has 0 aliphatic carbocycles. The van der Waals surface area contributed by atoms with Crippen molar-refractivity contribution in [3.63, 3.8) is 0 Å². The van der Waals surface area contributed by atoms with Crippen LogP contribution >= 0.6 is 39.1 Å². The van der Waals surface area contributed by atoms with Gasteiger partial charge >= 0.3 is 5.97 Å². The van der Waals surface area contributed by atoms with Gasteiger partial charge in [-0.05, 0) is 43.3 Å². The van der Waals surface area contributed by atoms with Crippen molar-refractivity contribution in [1.82, 2.24) is 0 Å². The van der Waals surface area contributed by atoms with Crippen LogP contribution in [-0.2, 0) is 19.6 Å². The maximum absolute atomic E-state index is 13.0. The minimum atomic E-state index is -4.05. The molecule has 2 aromatic carbocycles. The lowest BCUT2D eigenvalue weighted by Crippen LogP contribution is -2.36. The minimum Gasteiger partial charge on any atom is -0.465 e. The van der Waals surface area contributed by atoms with Crippen LogP contribution in [-0.4, -0.2) is 27.5 Å². The second kappa shape index (κ2) is 8.40. The van der Waals surface area contributed by atoms with Crippen LogP contribution in [0.15, 0.2) is 51.8 Å². The van der Waals surface area contributed by atoms with E-state index >= 15 is 0 Å². The van der Waals surface area contributed by atoms with Gasteiger partial charge in [0.25, 0.3) is 10.0 Å². The predicted molar refractivity (Wildman–Crippen MR) is 102 cm³/mol. The standard InChI is InChI=1S/C16H14BrCl2NO4S/c1-2-24-15(21)10-20(14-5-3-4-13(18)16(14)19)25(22,23)12-8-6-11(17)7-9-12/h3-9H,2,10H2,1H3. The van der Waals surface area contributed by atoms with Crippen molar-refractivity contribution in [2.75, 3.05) is 17.5 Å². The van der Waals surface area contributed by atoms with Gasteiger partial charge in [-0.15, -0.1) is 0 Å². The average molecular weight is 467 g/mol. The molecule has 0 bridgehead atoms. The van der Waals surface area contributed by atoms with Crippen LogP contribution in [0.1, 0.15) is 6.92 Å². The van der Waals surface area contributed by atoms with Crippen LogP contribution in [0.5, 0.6) is 0 Å². The van der Waals surface area contributed by atoms with Crippen molar-refractivity contribution < 1.29 is 17.9 Å². The lowest BCUT2D eigenvalue weighted by atomic mass is 10.3. The molecule has 0 fully saturated rings. The third kappa shape index (κ3) is 4.67. The second-order valence-corrected chi connectivity index (χ2v) is 8.41. The molecular formula is C16H14BrCl2NO4S. The van der Waals surface area contributed by atoms with Gasteiger partial charge in [-0.3, -0.25) is 9.10 Å². The molecule has 0 atom stereocenters. The summed E-state index contributed by atoms with van der Waals surface area (Å²) in [5.41, 5.74) is 0.102. The number of ether oxygens (including phenoxy) is 1. The van der Waals surface area contributed by atoms with Gasteiger partial charge in [0.15, 0.2) is 0 Å². The molecule has 0 unspecified atom stereocenters. The Morgan fingerprint density at radius 2 is 1.80 bits per heavy atom. The first kappa shape index (κ1) is 20.0. The number of carbonyl (C=O) groups excluding carboxylic acids is 1. The second-order valence-electron chi connectivity index (χ2n) is 4.84. The van der Waals surface area contributed by atoms with E-state index in [4.69, 9.17) is 27.9 Å². The first-order valence-corrected chi connectivity index (χ1v) is 10.1. The fourth-order valence-corrected chi connectivity index (χ4v) is 4.18. The topological polar surface area (TPSA) is 63.7 Å². The zero-order chi connectivity index (χ0) is 18.6. The van der Waals surface area contributed by atoms with Crippen molar-refractivity contribution in [2.24, 2.45) is 0 Å². The van der Waals surface area contributed by atoms with E-state index in [1.807, 2.05) is 0 Å². The SMILES string of the molecule is CCOC(=O)CN(c1cccc(Cl)c1Cl)S(=O)(=O)c1ccc(Br)cc1. The van der Waals surface area contributed by atoms with Crippen LogP contribution in [0.4, 0.5) is 5.69 Å². The number of anilines is 1. The first-order chi connectivity index (χ1) is 11.8. The number of hydrogen-bond acceptors (Lipinski definition) is 4. The molecule has 0 saturated heterocycles. The predicted octanol–water partition coefficient (Wildman–Crippen LogP) is 4.51. The molecule has 134 valence electrons. The molecule has 0 aliphatic rings. The maximum Gasteiger partial charge on any atom is 0.326 e. The van der Waals surface area contributed by atoms with E-state index in [0.717, 1.165) is 8.78 Å². The van der Waals surface area contributed by atoms with E-state index < -0.39 is 22.5 Å². The van der Waals surface area contributed by atoms with Gasteiger partial charge in [0.05, 0.1) is 27.2 Å². The number of halogens is 3. The third-order valence-electron chi connectivity index (χ3n) is 3.18. The molecule has 0 radical (unpaired) electrons. The summed E-state index contributed by atoms with van der Waals surface area (Å²) < 4.78 is 32.6. The number of carbonyl (C=O) groups is 1. The van der Waals surface area contributed by atoms with E-state index in [9.17, 15) is 13.2 Å². The average Bonchev–Trinajstić information content (AvgIpc) is 2.56. The van der Waals surface area contributed by atoms with Crippen molar-refractivity contribution in [3.05, 3.63) is 57.0 Å². The van der Waals surface area contributed by atoms with E-state index in [1.165, 1.54) is 24.3 Å². The first-order valence-electron chi connectivity index (χ1n) is 7.15. The number of sulfonamides is 1. The normalized spacial score (nSPS) is 11.2. The summed E-state index contributed by atoms with van der Waals surface area (Å²) in [6, 6.07) is 10.6. The molecule has 2 rings (SSSR count). The number of rotatable bonds is 6.